The number of benzene rings is 2. The molecule has 130 valence electrons. The van der Waals surface area contributed by atoms with E-state index in [1.54, 1.807) is 62.4 Å². The summed E-state index contributed by atoms with van der Waals surface area (Å²) in [4.78, 5) is 35.8. The van der Waals surface area contributed by atoms with Crippen molar-refractivity contribution in [2.75, 3.05) is 17.7 Å². The van der Waals surface area contributed by atoms with Crippen LogP contribution in [0, 0.1) is 5.92 Å². The molecule has 0 fully saturated rings. The third kappa shape index (κ3) is 4.67. The number of carbonyl (C=O) groups excluding carboxylic acids is 3. The molecule has 0 saturated heterocycles. The quantitative estimate of drug-likeness (QED) is 0.818. The van der Waals surface area contributed by atoms with Gasteiger partial charge in [-0.1, -0.05) is 26.0 Å². The molecule has 2 N–H and O–H groups in total. The number of anilines is 2. The summed E-state index contributed by atoms with van der Waals surface area (Å²) >= 11 is 0. The molecule has 2 rings (SSSR count). The lowest BCUT2D eigenvalue weighted by molar-refractivity contribution is -0.118. The van der Waals surface area contributed by atoms with Gasteiger partial charge in [-0.15, -0.1) is 0 Å². The minimum atomic E-state index is -0.525. The molecule has 0 spiro atoms. The number of ether oxygens (including phenoxy) is 1. The van der Waals surface area contributed by atoms with E-state index in [0.29, 0.717) is 16.9 Å². The molecule has 0 aliphatic rings. The maximum absolute atomic E-state index is 12.4. The number of carbonyl (C=O) groups is 3. The van der Waals surface area contributed by atoms with E-state index in [0.717, 1.165) is 0 Å². The molecule has 0 bridgehead atoms. The molecule has 0 radical (unpaired) electrons. The molecule has 0 atom stereocenters. The molecule has 0 unspecified atom stereocenters. The molecule has 6 heteroatoms. The fraction of sp³-hybridized carbons (Fsp3) is 0.211. The van der Waals surface area contributed by atoms with Crippen molar-refractivity contribution in [1.29, 1.82) is 0 Å². The van der Waals surface area contributed by atoms with Crippen LogP contribution in [0.25, 0.3) is 0 Å². The van der Waals surface area contributed by atoms with E-state index in [-0.39, 0.29) is 23.3 Å². The van der Waals surface area contributed by atoms with E-state index in [2.05, 4.69) is 10.6 Å². The Hall–Kier alpha value is -3.15. The average molecular weight is 340 g/mol. The van der Waals surface area contributed by atoms with Gasteiger partial charge in [-0.05, 0) is 36.4 Å². The molecule has 0 aromatic heterocycles. The van der Waals surface area contributed by atoms with Gasteiger partial charge in [0.15, 0.2) is 0 Å². The van der Waals surface area contributed by atoms with Gasteiger partial charge < -0.3 is 15.4 Å². The highest BCUT2D eigenvalue weighted by atomic mass is 16.5. The Morgan fingerprint density at radius 1 is 0.920 bits per heavy atom. The van der Waals surface area contributed by atoms with Gasteiger partial charge in [-0.25, -0.2) is 4.79 Å². The Bertz CT molecular complexity index is 782. The van der Waals surface area contributed by atoms with Gasteiger partial charge in [0.1, 0.15) is 0 Å². The Morgan fingerprint density at radius 2 is 1.56 bits per heavy atom. The fourth-order valence-corrected chi connectivity index (χ4v) is 2.07. The largest absolute Gasteiger partial charge is 0.465 e. The molecule has 0 aliphatic heterocycles. The van der Waals surface area contributed by atoms with E-state index in [9.17, 15) is 14.4 Å². The van der Waals surface area contributed by atoms with Crippen LogP contribution in [-0.4, -0.2) is 24.9 Å². The monoisotopic (exact) mass is 340 g/mol. The lowest BCUT2D eigenvalue weighted by Gasteiger charge is -2.11. The van der Waals surface area contributed by atoms with Gasteiger partial charge in [0.05, 0.1) is 18.4 Å². The predicted octanol–water partition coefficient (Wildman–Crippen LogP) is 3.32. The number of nitrogens with one attached hydrogen (secondary N) is 2. The Morgan fingerprint density at radius 3 is 2.16 bits per heavy atom. The van der Waals surface area contributed by atoms with E-state index in [4.69, 9.17) is 4.74 Å². The standard InChI is InChI=1S/C19H20N2O4/c1-12(2)17(22)20-14-10-8-13(9-11-14)18(23)21-16-7-5-4-6-15(16)19(24)25-3/h4-12H,1-3H3,(H,20,22)(H,21,23). The summed E-state index contributed by atoms with van der Waals surface area (Å²) in [7, 11) is 1.28. The van der Waals surface area contributed by atoms with Crippen LogP contribution in [0.1, 0.15) is 34.6 Å². The van der Waals surface area contributed by atoms with E-state index in [1.165, 1.54) is 7.11 Å². The van der Waals surface area contributed by atoms with Gasteiger partial charge in [-0.3, -0.25) is 9.59 Å². The van der Waals surface area contributed by atoms with E-state index >= 15 is 0 Å². The fourth-order valence-electron chi connectivity index (χ4n) is 2.07. The zero-order chi connectivity index (χ0) is 18.4. The van der Waals surface area contributed by atoms with Crippen molar-refractivity contribution in [2.45, 2.75) is 13.8 Å². The first-order chi connectivity index (χ1) is 11.9. The van der Waals surface area contributed by atoms with Crippen molar-refractivity contribution in [1.82, 2.24) is 0 Å². The maximum Gasteiger partial charge on any atom is 0.339 e. The first-order valence-corrected chi connectivity index (χ1v) is 7.82. The van der Waals surface area contributed by atoms with Crippen LogP contribution in [0.4, 0.5) is 11.4 Å². The smallest absolute Gasteiger partial charge is 0.339 e. The highest BCUT2D eigenvalue weighted by Gasteiger charge is 2.14. The van der Waals surface area contributed by atoms with Crippen molar-refractivity contribution >= 4 is 29.2 Å². The Balaban J connectivity index is 2.12. The maximum atomic E-state index is 12.4. The Kier molecular flexibility index (Phi) is 5.89. The first kappa shape index (κ1) is 18.2. The number of para-hydroxylation sites is 1. The van der Waals surface area contributed by atoms with Crippen LogP contribution < -0.4 is 10.6 Å². The van der Waals surface area contributed by atoms with Crippen molar-refractivity contribution in [3.63, 3.8) is 0 Å². The van der Waals surface area contributed by atoms with Crippen LogP contribution in [0.15, 0.2) is 48.5 Å². The third-order valence-electron chi connectivity index (χ3n) is 3.52. The summed E-state index contributed by atoms with van der Waals surface area (Å²) in [6, 6.07) is 13.1. The van der Waals surface area contributed by atoms with Gasteiger partial charge >= 0.3 is 5.97 Å². The highest BCUT2D eigenvalue weighted by molar-refractivity contribution is 6.08. The number of esters is 1. The topological polar surface area (TPSA) is 84.5 Å². The molecule has 0 heterocycles. The minimum absolute atomic E-state index is 0.0933. The predicted molar refractivity (Wildman–Crippen MR) is 95.6 cm³/mol. The zero-order valence-electron chi connectivity index (χ0n) is 14.3. The molecule has 2 aromatic rings. The summed E-state index contributed by atoms with van der Waals surface area (Å²) in [5.41, 5.74) is 1.67. The number of methoxy groups -OCH3 is 1. The minimum Gasteiger partial charge on any atom is -0.465 e. The van der Waals surface area contributed by atoms with Gasteiger partial charge in [0.2, 0.25) is 5.91 Å². The molecular weight excluding hydrogens is 320 g/mol. The molecule has 0 aliphatic carbocycles. The zero-order valence-corrected chi connectivity index (χ0v) is 14.3. The van der Waals surface area contributed by atoms with Crippen LogP contribution in [0.2, 0.25) is 0 Å². The number of hydrogen-bond donors (Lipinski definition) is 2. The second-order valence-electron chi connectivity index (χ2n) is 5.71. The third-order valence-corrected chi connectivity index (χ3v) is 3.52. The highest BCUT2D eigenvalue weighted by Crippen LogP contribution is 2.18. The summed E-state index contributed by atoms with van der Waals surface area (Å²) in [6.07, 6.45) is 0. The lowest BCUT2D eigenvalue weighted by atomic mass is 10.1. The lowest BCUT2D eigenvalue weighted by Crippen LogP contribution is -2.18. The molecule has 2 aromatic carbocycles. The van der Waals surface area contributed by atoms with Crippen molar-refractivity contribution in [3.05, 3.63) is 59.7 Å². The van der Waals surface area contributed by atoms with Crippen molar-refractivity contribution in [3.8, 4) is 0 Å². The van der Waals surface area contributed by atoms with Crippen molar-refractivity contribution < 1.29 is 19.1 Å². The van der Waals surface area contributed by atoms with Crippen LogP contribution in [0.3, 0.4) is 0 Å². The molecular formula is C19H20N2O4. The second-order valence-corrected chi connectivity index (χ2v) is 5.71. The Labute approximate surface area is 146 Å². The van der Waals surface area contributed by atoms with Gasteiger partial charge in [0, 0.05) is 17.2 Å². The second kappa shape index (κ2) is 8.10. The number of amides is 2. The number of hydrogen-bond acceptors (Lipinski definition) is 4. The first-order valence-electron chi connectivity index (χ1n) is 7.82. The molecule has 0 saturated carbocycles. The average Bonchev–Trinajstić information content (AvgIpc) is 2.62. The normalized spacial score (nSPS) is 10.2. The summed E-state index contributed by atoms with van der Waals surface area (Å²) in [5, 5.41) is 5.45. The van der Waals surface area contributed by atoms with E-state index < -0.39 is 5.97 Å². The molecule has 6 nitrogen and oxygen atoms in total. The summed E-state index contributed by atoms with van der Waals surface area (Å²) < 4.78 is 4.71. The van der Waals surface area contributed by atoms with Crippen molar-refractivity contribution in [2.24, 2.45) is 5.92 Å². The van der Waals surface area contributed by atoms with E-state index in [1.807, 2.05) is 0 Å². The van der Waals surface area contributed by atoms with Crippen LogP contribution in [-0.2, 0) is 9.53 Å². The molecule has 25 heavy (non-hydrogen) atoms. The van der Waals surface area contributed by atoms with Gasteiger partial charge in [0.25, 0.3) is 5.91 Å². The van der Waals surface area contributed by atoms with Crippen LogP contribution in [0.5, 0.6) is 0 Å². The van der Waals surface area contributed by atoms with Gasteiger partial charge in [-0.2, -0.15) is 0 Å². The summed E-state index contributed by atoms with van der Waals surface area (Å²) in [5.74, 6) is -1.11. The molecule has 2 amide bonds. The SMILES string of the molecule is COC(=O)c1ccccc1NC(=O)c1ccc(NC(=O)C(C)C)cc1. The summed E-state index contributed by atoms with van der Waals surface area (Å²) in [6.45, 7) is 3.60. The van der Waals surface area contributed by atoms with Crippen LogP contribution >= 0.6 is 0 Å². The number of rotatable bonds is 5.